The molecule has 0 aliphatic rings. The van der Waals surface area contributed by atoms with Crippen LogP contribution in [0, 0.1) is 0 Å². The van der Waals surface area contributed by atoms with Gasteiger partial charge in [0.05, 0.1) is 54.9 Å². The highest BCUT2D eigenvalue weighted by Crippen LogP contribution is 2.47. The fourth-order valence-electron chi connectivity index (χ4n) is 20.5. The van der Waals surface area contributed by atoms with Crippen LogP contribution < -0.4 is 0 Å². The summed E-state index contributed by atoms with van der Waals surface area (Å²) in [7, 11) is 0. The van der Waals surface area contributed by atoms with Crippen LogP contribution in [0.5, 0.6) is 0 Å². The Bertz CT molecular complexity index is 9950. The molecule has 15 nitrogen and oxygen atoms in total. The van der Waals surface area contributed by atoms with E-state index in [1.807, 2.05) is 176 Å². The van der Waals surface area contributed by atoms with Gasteiger partial charge in [0, 0.05) is 110 Å². The summed E-state index contributed by atoms with van der Waals surface area (Å²) >= 11 is 0. The number of hydrogen-bond acceptors (Lipinski definition) is 12. The molecule has 9 heterocycles. The van der Waals surface area contributed by atoms with E-state index in [1.54, 1.807) is 0 Å². The van der Waals surface area contributed by atoms with Crippen molar-refractivity contribution in [3.8, 4) is 142 Å². The van der Waals surface area contributed by atoms with Gasteiger partial charge in [0.25, 0.3) is 0 Å². The van der Waals surface area contributed by atoms with Gasteiger partial charge in [-0.2, -0.15) is 0 Å². The number of fused-ring (bicyclic) bond motifs is 21. The monoisotopic (exact) mass is 1840 g/mol. The maximum Gasteiger partial charge on any atom is 0.166 e. The third-order valence-corrected chi connectivity index (χ3v) is 27.2. The molecule has 0 aliphatic carbocycles. The molecular weight excluding hydrogens is 1770 g/mol. The minimum Gasteiger partial charge on any atom is -0.456 e. The Labute approximate surface area is 824 Å². The lowest BCUT2D eigenvalue weighted by molar-refractivity contribution is 0.669. The van der Waals surface area contributed by atoms with Gasteiger partial charge >= 0.3 is 0 Å². The van der Waals surface area contributed by atoms with Crippen molar-refractivity contribution in [2.75, 3.05) is 0 Å². The van der Waals surface area contributed by atoms with Gasteiger partial charge in [-0.15, -0.1) is 0 Å². The highest BCUT2D eigenvalue weighted by molar-refractivity contribution is 6.27. The fraction of sp³-hybridized carbons (Fsp3) is 0. The molecule has 15 heteroatoms. The second-order valence-corrected chi connectivity index (χ2v) is 35.7. The lowest BCUT2D eigenvalue weighted by Crippen LogP contribution is -2.03. The van der Waals surface area contributed by atoms with Gasteiger partial charge in [-0.1, -0.05) is 364 Å². The molecule has 0 radical (unpaired) electrons. The number of furan rings is 3. The lowest BCUT2D eigenvalue weighted by Gasteiger charge is -2.15. The Hall–Kier alpha value is -19.8. The predicted molar refractivity (Wildman–Crippen MR) is 584 cm³/mol. The predicted octanol–water partition coefficient (Wildman–Crippen LogP) is 32.9. The van der Waals surface area contributed by atoms with Gasteiger partial charge in [0.1, 0.15) is 33.5 Å². The van der Waals surface area contributed by atoms with E-state index >= 15 is 0 Å². The van der Waals surface area contributed by atoms with Crippen LogP contribution >= 0.6 is 0 Å². The minimum atomic E-state index is 0.613. The molecule has 0 unspecified atom stereocenters. The molecule has 29 rings (SSSR count). The van der Waals surface area contributed by atoms with Crippen LogP contribution in [0.2, 0.25) is 0 Å². The third-order valence-electron chi connectivity index (χ3n) is 27.2. The first-order valence-electron chi connectivity index (χ1n) is 48.0. The molecule has 0 saturated carbocycles. The highest BCUT2D eigenvalue weighted by atomic mass is 16.3. The molecule has 20 aromatic carbocycles. The van der Waals surface area contributed by atoms with Crippen LogP contribution in [0.3, 0.4) is 0 Å². The largest absolute Gasteiger partial charge is 0.456 e. The van der Waals surface area contributed by atoms with E-state index in [9.17, 15) is 0 Å². The Kier molecular flexibility index (Phi) is 20.5. The number of aromatic nitrogens is 12. The Morgan fingerprint density at radius 3 is 0.764 bits per heavy atom. The van der Waals surface area contributed by atoms with Crippen LogP contribution in [0.15, 0.2) is 499 Å². The van der Waals surface area contributed by atoms with Crippen molar-refractivity contribution >= 4 is 131 Å². The van der Waals surface area contributed by atoms with Gasteiger partial charge in [0.2, 0.25) is 0 Å². The number of hydrogen-bond donors (Lipinski definition) is 0. The molecule has 144 heavy (non-hydrogen) atoms. The number of rotatable bonds is 14. The summed E-state index contributed by atoms with van der Waals surface area (Å²) in [6, 6.07) is 167. The van der Waals surface area contributed by atoms with E-state index in [-0.39, 0.29) is 0 Å². The lowest BCUT2D eigenvalue weighted by atomic mass is 10.0. The van der Waals surface area contributed by atoms with E-state index in [2.05, 4.69) is 323 Å². The smallest absolute Gasteiger partial charge is 0.166 e. The molecule has 0 saturated heterocycles. The van der Waals surface area contributed by atoms with Gasteiger partial charge in [-0.05, 0) is 144 Å². The first kappa shape index (κ1) is 83.6. The average Bonchev–Trinajstić information content (AvgIpc) is 1.57. The van der Waals surface area contributed by atoms with Crippen LogP contribution in [0.25, 0.3) is 273 Å². The molecule has 29 aromatic rings. The fourth-order valence-corrected chi connectivity index (χ4v) is 20.5. The van der Waals surface area contributed by atoms with Crippen molar-refractivity contribution in [1.29, 1.82) is 0 Å². The van der Waals surface area contributed by atoms with Crippen molar-refractivity contribution < 1.29 is 13.3 Å². The first-order valence-corrected chi connectivity index (χ1v) is 48.0. The second-order valence-electron chi connectivity index (χ2n) is 35.7. The standard InChI is InChI=1S/2C45H28N4O.C39H24N4O/c1-3-12-29(13-4-1)30-22-24-32(25-23-30)44-46-43(31-14-5-2-6-15-31)47-45(48-44)33-16-11-17-34(28-33)49-38-20-9-7-18-35(38)36-26-27-40-41(42(36)49)37-19-8-10-21-39(37)50-40;1-3-11-29(12-4-1)30-19-21-32(22-20-30)44-46-43(31-13-5-2-6-14-31)47-45(48-44)33-23-25-34(26-24-33)49-38-17-9-7-15-35(38)36-27-28-40-41(42(36)49)37-16-8-10-18-39(37)50-40;1-3-13-25(14-4-1)37-40-38(26-15-5-2-6-16-26)42-39(41-37)29-18-8-11-21-32(29)43-31-20-10-7-17-27(31)28-23-24-34-35(36(28)43)30-19-9-12-22-33(30)44-34/h2*1-28H;1-24H. The van der Waals surface area contributed by atoms with Crippen LogP contribution in [0.4, 0.5) is 0 Å². The minimum absolute atomic E-state index is 0.613. The van der Waals surface area contributed by atoms with Crippen LogP contribution in [-0.4, -0.2) is 58.6 Å². The quantitative estimate of drug-likeness (QED) is 0.101. The highest BCUT2D eigenvalue weighted by Gasteiger charge is 2.27. The summed E-state index contributed by atoms with van der Waals surface area (Å²) in [5, 5.41) is 13.7. The van der Waals surface area contributed by atoms with Crippen LogP contribution in [-0.2, 0) is 0 Å². The van der Waals surface area contributed by atoms with Gasteiger partial charge in [-0.25, -0.2) is 44.9 Å². The van der Waals surface area contributed by atoms with Crippen molar-refractivity contribution in [2.24, 2.45) is 0 Å². The molecule has 674 valence electrons. The van der Waals surface area contributed by atoms with E-state index < -0.39 is 0 Å². The molecule has 0 fully saturated rings. The third kappa shape index (κ3) is 14.8. The number of nitrogens with zero attached hydrogens (tertiary/aromatic N) is 12. The Balaban J connectivity index is 0.000000108. The second kappa shape index (κ2) is 35.3. The molecule has 0 atom stereocenters. The summed E-state index contributed by atoms with van der Waals surface area (Å²) in [4.78, 5) is 45.1. The Morgan fingerprint density at radius 2 is 0.396 bits per heavy atom. The maximum absolute atomic E-state index is 6.35. The van der Waals surface area contributed by atoms with Gasteiger partial charge in [-0.3, -0.25) is 0 Å². The van der Waals surface area contributed by atoms with Crippen molar-refractivity contribution in [2.45, 2.75) is 0 Å². The Morgan fingerprint density at radius 1 is 0.146 bits per heavy atom. The summed E-state index contributed by atoms with van der Waals surface area (Å²) in [5.74, 6) is 5.65. The SMILES string of the molecule is c1ccc(-c2ccc(-c3nc(-c4ccccc4)nc(-c4ccc(-n5c6ccccc6c6ccc7oc8ccccc8c7c65)cc4)n3)cc2)cc1.c1ccc(-c2ccc(-c3nc(-c4ccccc4)nc(-c4cccc(-n5c6ccccc6c6ccc7oc8ccccc8c7c65)c4)n3)cc2)cc1.c1ccc(-c2nc(-c3ccccc3)nc(-c3ccccc3-n3c4ccccc4c4ccc5oc6ccccc6c5c43)n2)cc1. The molecule has 0 N–H and O–H groups in total. The zero-order chi connectivity index (χ0) is 95.1. The maximum atomic E-state index is 6.35. The van der Waals surface area contributed by atoms with E-state index in [1.165, 1.54) is 43.4 Å². The van der Waals surface area contributed by atoms with E-state index in [0.29, 0.717) is 52.4 Å². The van der Waals surface area contributed by atoms with Crippen molar-refractivity contribution in [3.63, 3.8) is 0 Å². The zero-order valence-electron chi connectivity index (χ0n) is 77.3. The molecule has 0 spiro atoms. The van der Waals surface area contributed by atoms with Crippen LogP contribution in [0.1, 0.15) is 0 Å². The molecule has 0 amide bonds. The van der Waals surface area contributed by atoms with Crippen molar-refractivity contribution in [1.82, 2.24) is 58.6 Å². The van der Waals surface area contributed by atoms with E-state index in [4.69, 9.17) is 58.1 Å². The number of benzene rings is 20. The summed E-state index contributed by atoms with van der Waals surface area (Å²) in [5.41, 5.74) is 28.0. The van der Waals surface area contributed by atoms with Gasteiger partial charge < -0.3 is 27.0 Å². The topological polar surface area (TPSA) is 170 Å². The molecular formula is C129H80N12O3. The van der Waals surface area contributed by atoms with Gasteiger partial charge in [0.15, 0.2) is 52.4 Å². The first-order chi connectivity index (χ1) is 71.4. The summed E-state index contributed by atoms with van der Waals surface area (Å²) in [6.07, 6.45) is 0. The molecule has 0 bridgehead atoms. The summed E-state index contributed by atoms with van der Waals surface area (Å²) < 4.78 is 26.0. The molecule has 9 aromatic heterocycles. The summed E-state index contributed by atoms with van der Waals surface area (Å²) in [6.45, 7) is 0. The van der Waals surface area contributed by atoms with E-state index in [0.717, 1.165) is 177 Å². The van der Waals surface area contributed by atoms with Crippen molar-refractivity contribution in [3.05, 3.63) is 485 Å². The molecule has 0 aliphatic heterocycles. The average molecular weight is 1850 g/mol. The zero-order valence-corrected chi connectivity index (χ0v) is 77.3. The number of para-hydroxylation sites is 7. The normalized spacial score (nSPS) is 11.6.